The van der Waals surface area contributed by atoms with Crippen LogP contribution in [0, 0.1) is 0 Å². The van der Waals surface area contributed by atoms with Crippen molar-refractivity contribution in [2.24, 2.45) is 0 Å². The molecule has 96 valence electrons. The van der Waals surface area contributed by atoms with Gasteiger partial charge in [0.1, 0.15) is 0 Å². The van der Waals surface area contributed by atoms with E-state index in [1.54, 1.807) is 6.92 Å². The van der Waals surface area contributed by atoms with Gasteiger partial charge in [0.25, 0.3) is 0 Å². The third-order valence-electron chi connectivity index (χ3n) is 2.82. The van der Waals surface area contributed by atoms with Gasteiger partial charge in [0.2, 0.25) is 0 Å². The minimum absolute atomic E-state index is 0. The molecule has 0 aliphatic rings. The van der Waals surface area contributed by atoms with Crippen LogP contribution < -0.4 is 18.9 Å². The molecule has 2 rings (SSSR count). The summed E-state index contributed by atoms with van der Waals surface area (Å²) in [7, 11) is 0. The average Bonchev–Trinajstić information content (AvgIpc) is 2.34. The molecular weight excluding hydrogens is 246 g/mol. The van der Waals surface area contributed by atoms with Gasteiger partial charge in [-0.05, 0) is 17.3 Å². The van der Waals surface area contributed by atoms with Crippen LogP contribution in [0.15, 0.2) is 42.5 Å². The Labute approximate surface area is 122 Å². The van der Waals surface area contributed by atoms with E-state index >= 15 is 0 Å². The predicted octanol–water partition coefficient (Wildman–Crippen LogP) is 1.84. The number of benzene rings is 2. The maximum absolute atomic E-state index is 12.2. The van der Waals surface area contributed by atoms with Crippen molar-refractivity contribution in [3.05, 3.63) is 53.3 Å². The first-order chi connectivity index (χ1) is 8.47. The minimum Gasteiger partial charge on any atom is -0.649 e. The van der Waals surface area contributed by atoms with Crippen LogP contribution in [0.25, 0.3) is 16.1 Å². The van der Waals surface area contributed by atoms with E-state index in [2.05, 4.69) is 5.32 Å². The molecule has 2 aromatic rings. The molecule has 0 N–H and O–H groups in total. The molecule has 0 heterocycles. The van der Waals surface area contributed by atoms with Crippen molar-refractivity contribution >= 4 is 10.8 Å². The van der Waals surface area contributed by atoms with Crippen molar-refractivity contribution in [1.82, 2.24) is 0 Å². The standard InChI is InChI=1S/C14H13F3N.Li/c1-10(18-9-14(15,16)17)12-8-4-6-11-5-2-3-7-13(11)12;/h2-8,10H,9H2,1H3;/q-1;+1/t10-;/m1./s1. The smallest absolute Gasteiger partial charge is 0.649 e. The number of fused-ring (bicyclic) bond motifs is 1. The fourth-order valence-electron chi connectivity index (χ4n) is 1.95. The van der Waals surface area contributed by atoms with Gasteiger partial charge in [-0.1, -0.05) is 55.0 Å². The van der Waals surface area contributed by atoms with Crippen LogP contribution in [0.5, 0.6) is 0 Å². The molecule has 0 bridgehead atoms. The van der Waals surface area contributed by atoms with E-state index in [9.17, 15) is 13.2 Å². The van der Waals surface area contributed by atoms with Crippen molar-refractivity contribution in [3.8, 4) is 0 Å². The average molecular weight is 259 g/mol. The van der Waals surface area contributed by atoms with Crippen LogP contribution in [0.1, 0.15) is 18.5 Å². The Kier molecular flexibility index (Phi) is 5.48. The summed E-state index contributed by atoms with van der Waals surface area (Å²) in [4.78, 5) is 0. The van der Waals surface area contributed by atoms with Gasteiger partial charge in [0.05, 0.1) is 0 Å². The number of rotatable bonds is 3. The largest absolute Gasteiger partial charge is 1.00 e. The van der Waals surface area contributed by atoms with E-state index in [1.165, 1.54) is 0 Å². The first kappa shape index (κ1) is 16.1. The maximum atomic E-state index is 12.2. The quantitative estimate of drug-likeness (QED) is 0.747. The summed E-state index contributed by atoms with van der Waals surface area (Å²) in [6, 6.07) is 12.8. The van der Waals surface area contributed by atoms with E-state index in [1.807, 2.05) is 42.5 Å². The number of alkyl halides is 3. The first-order valence-corrected chi connectivity index (χ1v) is 5.68. The molecule has 0 radical (unpaired) electrons. The molecule has 0 amide bonds. The van der Waals surface area contributed by atoms with Gasteiger partial charge in [-0.25, -0.2) is 0 Å². The Morgan fingerprint density at radius 2 is 1.68 bits per heavy atom. The van der Waals surface area contributed by atoms with Crippen molar-refractivity contribution in [2.45, 2.75) is 19.1 Å². The Morgan fingerprint density at radius 3 is 2.37 bits per heavy atom. The summed E-state index contributed by atoms with van der Waals surface area (Å²) in [5, 5.41) is 5.67. The number of hydrogen-bond donors (Lipinski definition) is 0. The molecule has 0 fully saturated rings. The molecule has 5 heteroatoms. The van der Waals surface area contributed by atoms with Crippen LogP contribution in [-0.2, 0) is 0 Å². The minimum atomic E-state index is -4.24. The first-order valence-electron chi connectivity index (χ1n) is 5.68. The van der Waals surface area contributed by atoms with E-state index in [0.29, 0.717) is 0 Å². The van der Waals surface area contributed by atoms with Gasteiger partial charge in [0, 0.05) is 0 Å². The second-order valence-electron chi connectivity index (χ2n) is 4.20. The molecule has 0 aromatic heterocycles. The summed E-state index contributed by atoms with van der Waals surface area (Å²) >= 11 is 0. The van der Waals surface area contributed by atoms with E-state index in [0.717, 1.165) is 16.3 Å². The Hall–Kier alpha value is -0.953. The molecule has 0 saturated heterocycles. The third kappa shape index (κ3) is 4.28. The van der Waals surface area contributed by atoms with Crippen LogP contribution >= 0.6 is 0 Å². The number of hydrogen-bond acceptors (Lipinski definition) is 0. The van der Waals surface area contributed by atoms with Crippen LogP contribution in [0.2, 0.25) is 0 Å². The van der Waals surface area contributed by atoms with Crippen molar-refractivity contribution in [1.29, 1.82) is 0 Å². The number of nitrogens with zero attached hydrogens (tertiary/aromatic N) is 1. The second kappa shape index (κ2) is 6.47. The molecule has 0 unspecified atom stereocenters. The van der Waals surface area contributed by atoms with Gasteiger partial charge in [-0.15, -0.1) is 6.04 Å². The number of halogens is 3. The van der Waals surface area contributed by atoms with E-state index in [-0.39, 0.29) is 18.9 Å². The van der Waals surface area contributed by atoms with E-state index < -0.39 is 18.8 Å². The fraction of sp³-hybridized carbons (Fsp3) is 0.286. The van der Waals surface area contributed by atoms with Gasteiger partial charge in [0.15, 0.2) is 0 Å². The molecule has 1 nitrogen and oxygen atoms in total. The summed E-state index contributed by atoms with van der Waals surface area (Å²) in [6.07, 6.45) is -4.24. The predicted molar refractivity (Wildman–Crippen MR) is 66.6 cm³/mol. The van der Waals surface area contributed by atoms with Crippen LogP contribution in [0.4, 0.5) is 13.2 Å². The SMILES string of the molecule is C[C@@H]([N-]CC(F)(F)F)c1cccc2ccccc12.[Li+]. The van der Waals surface area contributed by atoms with Crippen molar-refractivity contribution < 1.29 is 32.0 Å². The van der Waals surface area contributed by atoms with Crippen LogP contribution in [-0.4, -0.2) is 12.7 Å². The molecule has 0 saturated carbocycles. The molecule has 0 aliphatic heterocycles. The summed E-state index contributed by atoms with van der Waals surface area (Å²) in [5.74, 6) is 0. The van der Waals surface area contributed by atoms with Crippen LogP contribution in [0.3, 0.4) is 0 Å². The van der Waals surface area contributed by atoms with Crippen molar-refractivity contribution in [3.63, 3.8) is 0 Å². The molecule has 2 aromatic carbocycles. The third-order valence-corrected chi connectivity index (χ3v) is 2.82. The Morgan fingerprint density at radius 1 is 1.05 bits per heavy atom. The maximum Gasteiger partial charge on any atom is 1.00 e. The zero-order valence-electron chi connectivity index (χ0n) is 10.9. The monoisotopic (exact) mass is 259 g/mol. The second-order valence-corrected chi connectivity index (χ2v) is 4.20. The Bertz CT molecular complexity index is 534. The molecule has 0 spiro atoms. The summed E-state index contributed by atoms with van der Waals surface area (Å²) < 4.78 is 36.5. The molecule has 0 aliphatic carbocycles. The fourth-order valence-corrected chi connectivity index (χ4v) is 1.95. The molecule has 19 heavy (non-hydrogen) atoms. The van der Waals surface area contributed by atoms with Crippen molar-refractivity contribution in [2.75, 3.05) is 6.54 Å². The normalized spacial score (nSPS) is 13.1. The summed E-state index contributed by atoms with van der Waals surface area (Å²) in [6.45, 7) is 0.588. The van der Waals surface area contributed by atoms with Gasteiger partial charge < -0.3 is 5.32 Å². The zero-order valence-corrected chi connectivity index (χ0v) is 10.9. The van der Waals surface area contributed by atoms with E-state index in [4.69, 9.17) is 0 Å². The van der Waals surface area contributed by atoms with Gasteiger partial charge >= 0.3 is 25.0 Å². The molecule has 1 atom stereocenters. The topological polar surface area (TPSA) is 14.1 Å². The zero-order chi connectivity index (χ0) is 13.2. The summed E-state index contributed by atoms with van der Waals surface area (Å²) in [5.41, 5.74) is 0.831. The molecular formula is C14H13F3LiN. The van der Waals surface area contributed by atoms with Gasteiger partial charge in [-0.3, -0.25) is 0 Å². The Balaban J connectivity index is 0.00000180. The van der Waals surface area contributed by atoms with Gasteiger partial charge in [-0.2, -0.15) is 13.2 Å².